The number of carboxylic acids is 1. The van der Waals surface area contributed by atoms with Crippen molar-refractivity contribution in [3.05, 3.63) is 59.9 Å². The molecule has 20 heavy (non-hydrogen) atoms. The van der Waals surface area contributed by atoms with Gasteiger partial charge in [0.25, 0.3) is 0 Å². The lowest BCUT2D eigenvalue weighted by Gasteiger charge is -2.25. The number of aromatic nitrogens is 1. The van der Waals surface area contributed by atoms with Gasteiger partial charge in [-0.15, -0.1) is 0 Å². The highest BCUT2D eigenvalue weighted by molar-refractivity contribution is 5.81. The van der Waals surface area contributed by atoms with Crippen LogP contribution in [-0.2, 0) is 16.6 Å². The van der Waals surface area contributed by atoms with E-state index in [1.54, 1.807) is 44.6 Å². The van der Waals surface area contributed by atoms with E-state index in [9.17, 15) is 9.90 Å². The summed E-state index contributed by atoms with van der Waals surface area (Å²) in [4.78, 5) is 15.8. The predicted octanol–water partition coefficient (Wildman–Crippen LogP) is 2.68. The Morgan fingerprint density at radius 3 is 2.75 bits per heavy atom. The Morgan fingerprint density at radius 2 is 2.15 bits per heavy atom. The minimum atomic E-state index is -1.02. The maximum absolute atomic E-state index is 11.8. The lowest BCUT2D eigenvalue weighted by Crippen LogP contribution is -2.34. The third-order valence-corrected chi connectivity index (χ3v) is 3.46. The fourth-order valence-corrected chi connectivity index (χ4v) is 2.18. The Morgan fingerprint density at radius 1 is 1.35 bits per heavy atom. The second kappa shape index (κ2) is 5.74. The van der Waals surface area contributed by atoms with Crippen molar-refractivity contribution in [3.8, 4) is 5.75 Å². The average Bonchev–Trinajstić information content (AvgIpc) is 2.48. The van der Waals surface area contributed by atoms with E-state index >= 15 is 0 Å². The summed E-state index contributed by atoms with van der Waals surface area (Å²) >= 11 is 0. The van der Waals surface area contributed by atoms with Crippen molar-refractivity contribution >= 4 is 5.97 Å². The molecule has 0 saturated carbocycles. The highest BCUT2D eigenvalue weighted by atomic mass is 16.5. The first kappa shape index (κ1) is 14.1. The van der Waals surface area contributed by atoms with Crippen LogP contribution in [0, 0.1) is 0 Å². The fourth-order valence-electron chi connectivity index (χ4n) is 2.18. The number of rotatable bonds is 5. The van der Waals surface area contributed by atoms with Crippen LogP contribution in [0.25, 0.3) is 0 Å². The molecule has 0 aliphatic rings. The van der Waals surface area contributed by atoms with E-state index in [4.69, 9.17) is 4.74 Å². The maximum atomic E-state index is 11.8. The van der Waals surface area contributed by atoms with Crippen LogP contribution in [0.2, 0.25) is 0 Å². The SMILES string of the molecule is COc1cccc(C(C)(Cc2cccnc2)C(=O)O)c1. The molecule has 2 aromatic rings. The van der Waals surface area contributed by atoms with Crippen LogP contribution in [0.4, 0.5) is 0 Å². The van der Waals surface area contributed by atoms with Crippen LogP contribution in [0.5, 0.6) is 5.75 Å². The monoisotopic (exact) mass is 271 g/mol. The molecule has 0 radical (unpaired) electrons. The van der Waals surface area contributed by atoms with Gasteiger partial charge in [0, 0.05) is 12.4 Å². The quantitative estimate of drug-likeness (QED) is 0.908. The van der Waals surface area contributed by atoms with E-state index in [2.05, 4.69) is 4.98 Å². The number of carbonyl (C=O) groups is 1. The van der Waals surface area contributed by atoms with Gasteiger partial charge < -0.3 is 9.84 Å². The highest BCUT2D eigenvalue weighted by Crippen LogP contribution is 2.30. The summed E-state index contributed by atoms with van der Waals surface area (Å²) in [5.74, 6) is -0.212. The zero-order chi connectivity index (χ0) is 14.6. The molecule has 2 rings (SSSR count). The molecule has 1 aromatic carbocycles. The van der Waals surface area contributed by atoms with Crippen LogP contribution in [0.3, 0.4) is 0 Å². The average molecular weight is 271 g/mol. The van der Waals surface area contributed by atoms with Crippen LogP contribution < -0.4 is 4.74 Å². The molecule has 1 aromatic heterocycles. The number of methoxy groups -OCH3 is 1. The number of carboxylic acid groups (broad SMARTS) is 1. The van der Waals surface area contributed by atoms with E-state index in [0.29, 0.717) is 17.7 Å². The normalized spacial score (nSPS) is 13.5. The summed E-state index contributed by atoms with van der Waals surface area (Å²) < 4.78 is 5.17. The predicted molar refractivity (Wildman–Crippen MR) is 75.9 cm³/mol. The lowest BCUT2D eigenvalue weighted by atomic mass is 9.77. The van der Waals surface area contributed by atoms with Gasteiger partial charge in [-0.05, 0) is 42.7 Å². The van der Waals surface area contributed by atoms with E-state index in [1.807, 2.05) is 18.2 Å². The van der Waals surface area contributed by atoms with Gasteiger partial charge in [-0.3, -0.25) is 9.78 Å². The van der Waals surface area contributed by atoms with Crippen molar-refractivity contribution in [2.24, 2.45) is 0 Å². The molecular weight excluding hydrogens is 254 g/mol. The summed E-state index contributed by atoms with van der Waals surface area (Å²) in [6.07, 6.45) is 3.75. The smallest absolute Gasteiger partial charge is 0.314 e. The topological polar surface area (TPSA) is 59.4 Å². The molecule has 0 spiro atoms. The molecule has 104 valence electrons. The van der Waals surface area contributed by atoms with Crippen LogP contribution in [0.15, 0.2) is 48.8 Å². The zero-order valence-corrected chi connectivity index (χ0v) is 11.5. The van der Waals surface area contributed by atoms with Crippen LogP contribution >= 0.6 is 0 Å². The van der Waals surface area contributed by atoms with Gasteiger partial charge in [0.2, 0.25) is 0 Å². The van der Waals surface area contributed by atoms with Gasteiger partial charge in [0.15, 0.2) is 0 Å². The van der Waals surface area contributed by atoms with Crippen LogP contribution in [0.1, 0.15) is 18.1 Å². The molecule has 4 nitrogen and oxygen atoms in total. The minimum absolute atomic E-state index is 0.378. The van der Waals surface area contributed by atoms with E-state index in [-0.39, 0.29) is 0 Å². The summed E-state index contributed by atoms with van der Waals surface area (Å²) in [7, 11) is 1.57. The molecule has 1 heterocycles. The number of benzene rings is 1. The number of nitrogens with zero attached hydrogens (tertiary/aromatic N) is 1. The molecule has 0 aliphatic carbocycles. The van der Waals surface area contributed by atoms with Crippen LogP contribution in [-0.4, -0.2) is 23.2 Å². The van der Waals surface area contributed by atoms with Crippen molar-refractivity contribution in [2.75, 3.05) is 7.11 Å². The van der Waals surface area contributed by atoms with Crippen molar-refractivity contribution in [1.82, 2.24) is 4.98 Å². The standard InChI is InChI=1S/C16H17NO3/c1-16(15(18)19,10-12-5-4-8-17-11-12)13-6-3-7-14(9-13)20-2/h3-9,11H,10H2,1-2H3,(H,18,19). The molecule has 0 amide bonds. The first-order chi connectivity index (χ1) is 9.56. The van der Waals surface area contributed by atoms with E-state index in [0.717, 1.165) is 5.56 Å². The molecule has 0 aliphatic heterocycles. The minimum Gasteiger partial charge on any atom is -0.497 e. The molecular formula is C16H17NO3. The number of pyridine rings is 1. The molecule has 4 heteroatoms. The second-order valence-corrected chi connectivity index (χ2v) is 4.91. The van der Waals surface area contributed by atoms with E-state index < -0.39 is 11.4 Å². The van der Waals surface area contributed by atoms with Crippen molar-refractivity contribution in [2.45, 2.75) is 18.8 Å². The fraction of sp³-hybridized carbons (Fsp3) is 0.250. The molecule has 0 saturated heterocycles. The zero-order valence-electron chi connectivity index (χ0n) is 11.5. The molecule has 1 N–H and O–H groups in total. The first-order valence-corrected chi connectivity index (χ1v) is 6.33. The van der Waals surface area contributed by atoms with Gasteiger partial charge in [-0.1, -0.05) is 18.2 Å². The van der Waals surface area contributed by atoms with Gasteiger partial charge >= 0.3 is 5.97 Å². The Balaban J connectivity index is 2.41. The van der Waals surface area contributed by atoms with Gasteiger partial charge in [-0.2, -0.15) is 0 Å². The first-order valence-electron chi connectivity index (χ1n) is 6.33. The Hall–Kier alpha value is -2.36. The third kappa shape index (κ3) is 2.79. The summed E-state index contributed by atoms with van der Waals surface area (Å²) in [5, 5.41) is 9.65. The van der Waals surface area contributed by atoms with Crippen molar-refractivity contribution in [1.29, 1.82) is 0 Å². The van der Waals surface area contributed by atoms with Gasteiger partial charge in [0.05, 0.1) is 12.5 Å². The molecule has 0 bridgehead atoms. The second-order valence-electron chi connectivity index (χ2n) is 4.91. The summed E-state index contributed by atoms with van der Waals surface area (Å²) in [6.45, 7) is 1.72. The lowest BCUT2D eigenvalue weighted by molar-refractivity contribution is -0.143. The Bertz CT molecular complexity index is 598. The maximum Gasteiger partial charge on any atom is 0.314 e. The number of aliphatic carboxylic acids is 1. The number of hydrogen-bond acceptors (Lipinski definition) is 3. The highest BCUT2D eigenvalue weighted by Gasteiger charge is 2.35. The Labute approximate surface area is 118 Å². The molecule has 1 unspecified atom stereocenters. The number of hydrogen-bond donors (Lipinski definition) is 1. The molecule has 0 fully saturated rings. The molecule has 1 atom stereocenters. The Kier molecular flexibility index (Phi) is 4.03. The van der Waals surface area contributed by atoms with Crippen molar-refractivity contribution < 1.29 is 14.6 Å². The third-order valence-electron chi connectivity index (χ3n) is 3.46. The summed E-state index contributed by atoms with van der Waals surface area (Å²) in [5.41, 5.74) is 0.589. The van der Waals surface area contributed by atoms with Crippen molar-refractivity contribution in [3.63, 3.8) is 0 Å². The largest absolute Gasteiger partial charge is 0.497 e. The van der Waals surface area contributed by atoms with Gasteiger partial charge in [0.1, 0.15) is 5.75 Å². The van der Waals surface area contributed by atoms with Gasteiger partial charge in [-0.25, -0.2) is 0 Å². The van der Waals surface area contributed by atoms with E-state index in [1.165, 1.54) is 0 Å². The number of ether oxygens (including phenoxy) is 1. The summed E-state index contributed by atoms with van der Waals surface area (Å²) in [6, 6.07) is 10.9.